The lowest BCUT2D eigenvalue weighted by Gasteiger charge is -2.13. The number of hydrazone groups is 1. The summed E-state index contributed by atoms with van der Waals surface area (Å²) in [6, 6.07) is 2.29. The van der Waals surface area contributed by atoms with E-state index in [9.17, 15) is 22.4 Å². The number of halogens is 5. The quantitative estimate of drug-likeness (QED) is 0.485. The van der Waals surface area contributed by atoms with Gasteiger partial charge >= 0.3 is 6.18 Å². The highest BCUT2D eigenvalue weighted by Gasteiger charge is 2.36. The van der Waals surface area contributed by atoms with E-state index in [1.807, 2.05) is 5.43 Å². The van der Waals surface area contributed by atoms with Crippen LogP contribution in [0.5, 0.6) is 5.75 Å². The summed E-state index contributed by atoms with van der Waals surface area (Å²) >= 11 is 3.09. The molecule has 1 aromatic rings. The molecular formula is C12H11BrF4N2O2. The van der Waals surface area contributed by atoms with Crippen molar-refractivity contribution in [1.29, 1.82) is 0 Å². The molecule has 0 unspecified atom stereocenters. The zero-order chi connectivity index (χ0) is 16.2. The Morgan fingerprint density at radius 1 is 1.43 bits per heavy atom. The molecule has 0 atom stereocenters. The zero-order valence-corrected chi connectivity index (χ0v) is 12.5. The van der Waals surface area contributed by atoms with Crippen LogP contribution in [0.2, 0.25) is 0 Å². The van der Waals surface area contributed by atoms with Gasteiger partial charge in [0, 0.05) is 6.07 Å². The second-order valence-electron chi connectivity index (χ2n) is 4.16. The molecular weight excluding hydrogens is 360 g/mol. The van der Waals surface area contributed by atoms with Gasteiger partial charge in [0.15, 0.2) is 0 Å². The number of nitrogens with zero attached hydrogens (tertiary/aromatic N) is 1. The molecule has 0 bridgehead atoms. The highest BCUT2D eigenvalue weighted by atomic mass is 79.9. The number of benzene rings is 1. The van der Waals surface area contributed by atoms with E-state index in [1.54, 1.807) is 13.8 Å². The van der Waals surface area contributed by atoms with E-state index in [2.05, 4.69) is 21.0 Å². The van der Waals surface area contributed by atoms with Crippen LogP contribution in [0.3, 0.4) is 0 Å². The van der Waals surface area contributed by atoms with E-state index < -0.39 is 17.8 Å². The monoisotopic (exact) mass is 370 g/mol. The number of ketones is 1. The lowest BCUT2D eigenvalue weighted by atomic mass is 10.3. The number of anilines is 1. The van der Waals surface area contributed by atoms with Crippen LogP contribution in [0.4, 0.5) is 23.2 Å². The summed E-state index contributed by atoms with van der Waals surface area (Å²) in [6.07, 6.45) is -5.17. The Labute approximate surface area is 126 Å². The Morgan fingerprint density at radius 3 is 2.57 bits per heavy atom. The van der Waals surface area contributed by atoms with Gasteiger partial charge in [-0.2, -0.15) is 18.3 Å². The third kappa shape index (κ3) is 5.33. The van der Waals surface area contributed by atoms with Crippen LogP contribution in [-0.4, -0.2) is 24.3 Å². The molecule has 0 radical (unpaired) electrons. The Morgan fingerprint density at radius 2 is 2.05 bits per heavy atom. The van der Waals surface area contributed by atoms with Crippen LogP contribution in [0.25, 0.3) is 0 Å². The maximum Gasteiger partial charge on any atom is 0.455 e. The van der Waals surface area contributed by atoms with Crippen molar-refractivity contribution in [1.82, 2.24) is 0 Å². The predicted molar refractivity (Wildman–Crippen MR) is 73.0 cm³/mol. The number of hydrogen-bond donors (Lipinski definition) is 1. The number of hydrogen-bond acceptors (Lipinski definition) is 4. The molecule has 21 heavy (non-hydrogen) atoms. The number of rotatable bonds is 5. The first-order chi connectivity index (χ1) is 9.61. The molecule has 0 aliphatic carbocycles. The third-order valence-corrected chi connectivity index (χ3v) is 2.65. The van der Waals surface area contributed by atoms with Gasteiger partial charge in [-0.05, 0) is 35.8 Å². The van der Waals surface area contributed by atoms with Gasteiger partial charge in [0.2, 0.25) is 0 Å². The fourth-order valence-corrected chi connectivity index (χ4v) is 1.60. The summed E-state index contributed by atoms with van der Waals surface area (Å²) in [7, 11) is 0. The molecule has 1 rings (SSSR count). The molecule has 0 aliphatic rings. The molecule has 1 N–H and O–H groups in total. The lowest BCUT2D eigenvalue weighted by molar-refractivity contribution is -0.162. The Bertz CT molecular complexity index is 559. The maximum absolute atomic E-state index is 13.6. The van der Waals surface area contributed by atoms with Crippen LogP contribution in [-0.2, 0) is 4.79 Å². The minimum atomic E-state index is -5.02. The van der Waals surface area contributed by atoms with Gasteiger partial charge in [-0.1, -0.05) is 0 Å². The molecule has 116 valence electrons. The van der Waals surface area contributed by atoms with Crippen LogP contribution in [0.15, 0.2) is 21.7 Å². The minimum absolute atomic E-state index is 0.0322. The van der Waals surface area contributed by atoms with Gasteiger partial charge < -0.3 is 4.74 Å². The van der Waals surface area contributed by atoms with E-state index >= 15 is 0 Å². The molecule has 0 aromatic heterocycles. The number of carbonyl (C=O) groups is 1. The van der Waals surface area contributed by atoms with Crippen molar-refractivity contribution < 1.29 is 27.1 Å². The number of ether oxygens (including phenoxy) is 1. The first-order valence-electron chi connectivity index (χ1n) is 5.67. The second-order valence-corrected chi connectivity index (χ2v) is 5.02. The highest BCUT2D eigenvalue weighted by Crippen LogP contribution is 2.31. The van der Waals surface area contributed by atoms with Gasteiger partial charge in [-0.15, -0.1) is 0 Å². The van der Waals surface area contributed by atoms with E-state index in [0.29, 0.717) is 4.47 Å². The van der Waals surface area contributed by atoms with Crippen molar-refractivity contribution in [2.45, 2.75) is 26.1 Å². The predicted octanol–water partition coefficient (Wildman–Crippen LogP) is 3.90. The van der Waals surface area contributed by atoms with Crippen LogP contribution >= 0.6 is 15.9 Å². The summed E-state index contributed by atoms with van der Waals surface area (Å²) < 4.78 is 55.1. The Balaban J connectivity index is 2.89. The topological polar surface area (TPSA) is 50.7 Å². The molecule has 0 amide bonds. The normalized spacial score (nSPS) is 12.0. The summed E-state index contributed by atoms with van der Waals surface area (Å²) in [5.74, 6) is -2.63. The van der Waals surface area contributed by atoms with Crippen molar-refractivity contribution >= 4 is 33.6 Å². The van der Waals surface area contributed by atoms with Gasteiger partial charge in [-0.3, -0.25) is 10.2 Å². The largest absolute Gasteiger partial charge is 0.490 e. The fraction of sp³-hybridized carbons (Fsp3) is 0.333. The summed E-state index contributed by atoms with van der Waals surface area (Å²) in [5, 5.41) is 3.06. The molecule has 4 nitrogen and oxygen atoms in total. The number of Topliss-reactive ketones (excluding diaryl/α,β-unsaturated/α-hetero) is 1. The smallest absolute Gasteiger partial charge is 0.455 e. The zero-order valence-electron chi connectivity index (χ0n) is 11.0. The molecule has 1 aromatic carbocycles. The molecule has 0 spiro atoms. The van der Waals surface area contributed by atoms with Gasteiger partial charge in [0.1, 0.15) is 11.6 Å². The highest BCUT2D eigenvalue weighted by molar-refractivity contribution is 9.10. The standard InChI is InChI=1S/C12H11BrF4N2O2/c1-6(2)21-10-4-9(8(14)3-7(10)13)19-18-5-11(20)12(15,16)17/h3-6,19H,1-2H3/b18-5+. The summed E-state index contributed by atoms with van der Waals surface area (Å²) in [5.41, 5.74) is 1.81. The van der Waals surface area contributed by atoms with Gasteiger partial charge in [-0.25, -0.2) is 4.39 Å². The van der Waals surface area contributed by atoms with E-state index in [-0.39, 0.29) is 23.8 Å². The number of nitrogens with one attached hydrogen (secondary N) is 1. The van der Waals surface area contributed by atoms with Crippen LogP contribution in [0, 0.1) is 5.82 Å². The van der Waals surface area contributed by atoms with E-state index in [1.165, 1.54) is 6.07 Å². The average Bonchev–Trinajstić information content (AvgIpc) is 2.32. The van der Waals surface area contributed by atoms with E-state index in [0.717, 1.165) is 6.07 Å². The van der Waals surface area contributed by atoms with Gasteiger partial charge in [0.05, 0.1) is 22.5 Å². The number of alkyl halides is 3. The third-order valence-electron chi connectivity index (χ3n) is 2.03. The van der Waals surface area contributed by atoms with Crippen LogP contribution < -0.4 is 10.2 Å². The lowest BCUT2D eigenvalue weighted by Crippen LogP contribution is -2.24. The molecule has 0 saturated heterocycles. The molecule has 0 aliphatic heterocycles. The van der Waals surface area contributed by atoms with Gasteiger partial charge in [0.25, 0.3) is 5.78 Å². The van der Waals surface area contributed by atoms with Crippen molar-refractivity contribution in [2.24, 2.45) is 5.10 Å². The van der Waals surface area contributed by atoms with Crippen molar-refractivity contribution in [3.8, 4) is 5.75 Å². The summed E-state index contributed by atoms with van der Waals surface area (Å²) in [6.45, 7) is 3.51. The van der Waals surface area contributed by atoms with E-state index in [4.69, 9.17) is 4.74 Å². The average molecular weight is 371 g/mol. The van der Waals surface area contributed by atoms with Crippen molar-refractivity contribution in [3.05, 3.63) is 22.4 Å². The Kier molecular flexibility index (Phi) is 5.70. The first-order valence-corrected chi connectivity index (χ1v) is 6.46. The molecule has 0 heterocycles. The first kappa shape index (κ1) is 17.4. The Hall–Kier alpha value is -1.64. The molecule has 0 fully saturated rings. The SMILES string of the molecule is CC(C)Oc1cc(N/N=C/C(=O)C(F)(F)F)c(F)cc1Br. The number of carbonyl (C=O) groups excluding carboxylic acids is 1. The summed E-state index contributed by atoms with van der Waals surface area (Å²) in [4.78, 5) is 10.6. The second kappa shape index (κ2) is 6.88. The maximum atomic E-state index is 13.6. The fourth-order valence-electron chi connectivity index (χ4n) is 1.19. The molecule has 9 heteroatoms. The van der Waals surface area contributed by atoms with Crippen molar-refractivity contribution in [2.75, 3.05) is 5.43 Å². The minimum Gasteiger partial charge on any atom is -0.490 e. The van der Waals surface area contributed by atoms with Crippen LogP contribution in [0.1, 0.15) is 13.8 Å². The van der Waals surface area contributed by atoms with Crippen molar-refractivity contribution in [3.63, 3.8) is 0 Å². The molecule has 0 saturated carbocycles.